The fraction of sp³-hybridized carbons (Fsp3) is 0.700. The molecule has 0 spiro atoms. The molecule has 156 valence electrons. The molecule has 0 bridgehead atoms. The zero-order valence-corrected chi connectivity index (χ0v) is 19.9. The van der Waals surface area contributed by atoms with E-state index in [1.54, 1.807) is 24.3 Å². The Morgan fingerprint density at radius 2 is 1.56 bits per heavy atom. The van der Waals surface area contributed by atoms with Crippen molar-refractivity contribution >= 4 is 18.4 Å². The molecule has 27 heavy (non-hydrogen) atoms. The molecule has 0 unspecified atom stereocenters. The predicted octanol–water partition coefficient (Wildman–Crippen LogP) is 4.43. The van der Waals surface area contributed by atoms with E-state index in [2.05, 4.69) is 45.7 Å². The third-order valence-corrected chi connectivity index (χ3v) is 11.0. The van der Waals surface area contributed by atoms with Gasteiger partial charge < -0.3 is 4.43 Å². The van der Waals surface area contributed by atoms with Crippen LogP contribution in [-0.4, -0.2) is 54.5 Å². The van der Waals surface area contributed by atoms with Crippen LogP contribution < -0.4 is 0 Å². The van der Waals surface area contributed by atoms with Crippen LogP contribution in [0.3, 0.4) is 0 Å². The lowest BCUT2D eigenvalue weighted by Gasteiger charge is -2.36. The molecule has 0 saturated heterocycles. The maximum Gasteiger partial charge on any atom is 0.297 e. The maximum atomic E-state index is 12.3. The number of hydrogen-bond acceptors (Lipinski definition) is 5. The fourth-order valence-electron chi connectivity index (χ4n) is 2.35. The van der Waals surface area contributed by atoms with E-state index in [0.29, 0.717) is 13.2 Å². The van der Waals surface area contributed by atoms with E-state index in [4.69, 9.17) is 8.61 Å². The Morgan fingerprint density at radius 1 is 1.00 bits per heavy atom. The number of nitrogens with zero attached hydrogens (tertiary/aromatic N) is 1. The second kappa shape index (κ2) is 10.2. The van der Waals surface area contributed by atoms with Gasteiger partial charge in [-0.25, -0.2) is 0 Å². The molecule has 1 rings (SSSR count). The third kappa shape index (κ3) is 8.03. The van der Waals surface area contributed by atoms with Gasteiger partial charge in [0.2, 0.25) is 0 Å². The van der Waals surface area contributed by atoms with Crippen LogP contribution in [0.4, 0.5) is 0 Å². The smallest absolute Gasteiger partial charge is 0.297 e. The summed E-state index contributed by atoms with van der Waals surface area (Å²) in [6, 6.07) is 6.72. The van der Waals surface area contributed by atoms with Crippen LogP contribution in [0.15, 0.2) is 29.2 Å². The highest BCUT2D eigenvalue weighted by Gasteiger charge is 2.36. The highest BCUT2D eigenvalue weighted by molar-refractivity contribution is 7.86. The normalized spacial score (nSPS) is 13.3. The molecular weight excluding hydrogens is 378 g/mol. The molecule has 0 atom stereocenters. The summed E-state index contributed by atoms with van der Waals surface area (Å²) in [5.74, 6) is 0. The molecule has 7 heteroatoms. The lowest BCUT2D eigenvalue weighted by atomic mass is 10.2. The van der Waals surface area contributed by atoms with E-state index in [1.807, 2.05) is 6.92 Å². The van der Waals surface area contributed by atoms with Gasteiger partial charge >= 0.3 is 0 Å². The minimum atomic E-state index is -3.70. The summed E-state index contributed by atoms with van der Waals surface area (Å²) in [7, 11) is -5.46. The summed E-state index contributed by atoms with van der Waals surface area (Å²) in [6.07, 6.45) is 1.00. The Hall–Kier alpha value is -0.733. The zero-order chi connectivity index (χ0) is 20.7. The molecule has 1 aromatic rings. The Morgan fingerprint density at radius 3 is 2.07 bits per heavy atom. The van der Waals surface area contributed by atoms with Gasteiger partial charge in [-0.1, -0.05) is 45.4 Å². The van der Waals surface area contributed by atoms with E-state index < -0.39 is 18.4 Å². The maximum absolute atomic E-state index is 12.3. The molecule has 5 nitrogen and oxygen atoms in total. The average molecular weight is 416 g/mol. The summed E-state index contributed by atoms with van der Waals surface area (Å²) in [5.41, 5.74) is 1.02. The molecule has 0 amide bonds. The van der Waals surface area contributed by atoms with Gasteiger partial charge in [-0.2, -0.15) is 8.42 Å². The average Bonchev–Trinajstić information content (AvgIpc) is 2.54. The molecule has 0 fully saturated rings. The first-order valence-corrected chi connectivity index (χ1v) is 14.0. The first-order chi connectivity index (χ1) is 12.4. The molecule has 1 aromatic carbocycles. The summed E-state index contributed by atoms with van der Waals surface area (Å²) < 4.78 is 36.0. The summed E-state index contributed by atoms with van der Waals surface area (Å²) >= 11 is 0. The van der Waals surface area contributed by atoms with Crippen LogP contribution in [0.2, 0.25) is 18.1 Å². The number of benzene rings is 1. The zero-order valence-electron chi connectivity index (χ0n) is 18.0. The molecule has 0 aliphatic carbocycles. The van der Waals surface area contributed by atoms with E-state index in [1.165, 1.54) is 0 Å². The van der Waals surface area contributed by atoms with Gasteiger partial charge in [0, 0.05) is 19.7 Å². The summed E-state index contributed by atoms with van der Waals surface area (Å²) in [6.45, 7) is 18.3. The first-order valence-electron chi connectivity index (χ1n) is 9.71. The van der Waals surface area contributed by atoms with Gasteiger partial charge in [-0.15, -0.1) is 0 Å². The monoisotopic (exact) mass is 415 g/mol. The lowest BCUT2D eigenvalue weighted by Crippen LogP contribution is -2.43. The Labute approximate surface area is 167 Å². The van der Waals surface area contributed by atoms with Crippen LogP contribution in [0.5, 0.6) is 0 Å². The third-order valence-electron chi connectivity index (χ3n) is 5.17. The molecule has 0 aromatic heterocycles. The molecule has 0 radical (unpaired) electrons. The summed E-state index contributed by atoms with van der Waals surface area (Å²) in [4.78, 5) is 2.41. The van der Waals surface area contributed by atoms with Crippen LogP contribution in [0.25, 0.3) is 0 Å². The van der Waals surface area contributed by atoms with Crippen molar-refractivity contribution in [2.75, 3.05) is 32.8 Å². The molecule has 0 aliphatic rings. The number of rotatable bonds is 11. The Bertz CT molecular complexity index is 666. The minimum Gasteiger partial charge on any atom is -0.416 e. The van der Waals surface area contributed by atoms with E-state index >= 15 is 0 Å². The van der Waals surface area contributed by atoms with Crippen LogP contribution in [-0.2, 0) is 18.7 Å². The van der Waals surface area contributed by atoms with Gasteiger partial charge in [-0.3, -0.25) is 9.08 Å². The second-order valence-electron chi connectivity index (χ2n) is 8.54. The highest BCUT2D eigenvalue weighted by Crippen LogP contribution is 2.36. The Kier molecular flexibility index (Phi) is 9.15. The van der Waals surface area contributed by atoms with Crippen molar-refractivity contribution in [3.63, 3.8) is 0 Å². The van der Waals surface area contributed by atoms with Gasteiger partial charge in [0.25, 0.3) is 10.1 Å². The SMILES string of the molecule is CCCN(CCO[Si](C)(C)C(C)(C)C)CCOS(=O)(=O)c1ccc(C)cc1. The van der Waals surface area contributed by atoms with Crippen molar-refractivity contribution in [2.24, 2.45) is 0 Å². The van der Waals surface area contributed by atoms with Gasteiger partial charge in [-0.05, 0) is 50.2 Å². The summed E-state index contributed by atoms with van der Waals surface area (Å²) in [5, 5.41) is 0.188. The minimum absolute atomic E-state index is 0.149. The Balaban J connectivity index is 2.52. The fourth-order valence-corrected chi connectivity index (χ4v) is 4.28. The first kappa shape index (κ1) is 24.3. The van der Waals surface area contributed by atoms with Crippen LogP contribution in [0.1, 0.15) is 39.7 Å². The van der Waals surface area contributed by atoms with Crippen molar-refractivity contribution < 1.29 is 17.0 Å². The topological polar surface area (TPSA) is 55.8 Å². The quantitative estimate of drug-likeness (QED) is 0.395. The van der Waals surface area contributed by atoms with E-state index in [9.17, 15) is 8.42 Å². The second-order valence-corrected chi connectivity index (χ2v) is 15.0. The van der Waals surface area contributed by atoms with Crippen LogP contribution in [0, 0.1) is 6.92 Å². The van der Waals surface area contributed by atoms with E-state index in [0.717, 1.165) is 25.1 Å². The predicted molar refractivity (Wildman–Crippen MR) is 114 cm³/mol. The van der Waals surface area contributed by atoms with Gasteiger partial charge in [0.1, 0.15) is 0 Å². The van der Waals surface area contributed by atoms with Crippen molar-refractivity contribution in [3.8, 4) is 0 Å². The largest absolute Gasteiger partial charge is 0.416 e. The molecule has 0 N–H and O–H groups in total. The number of aryl methyl sites for hydroxylation is 1. The van der Waals surface area contributed by atoms with Crippen molar-refractivity contribution in [3.05, 3.63) is 29.8 Å². The highest BCUT2D eigenvalue weighted by atomic mass is 32.2. The standard InChI is InChI=1S/C20H37NO4SSi/c1-8-13-21(15-17-25-27(6,7)20(3,4)5)14-16-24-26(22,23)19-11-9-18(2)10-12-19/h9-12H,8,13-17H2,1-7H3. The van der Waals surface area contributed by atoms with Crippen molar-refractivity contribution in [2.45, 2.75) is 64.1 Å². The lowest BCUT2D eigenvalue weighted by molar-refractivity contribution is 0.172. The molecule has 0 saturated carbocycles. The van der Waals surface area contributed by atoms with Gasteiger partial charge in [0.05, 0.1) is 11.5 Å². The van der Waals surface area contributed by atoms with Crippen molar-refractivity contribution in [1.29, 1.82) is 0 Å². The molecule has 0 aliphatic heterocycles. The van der Waals surface area contributed by atoms with Crippen molar-refractivity contribution in [1.82, 2.24) is 4.90 Å². The van der Waals surface area contributed by atoms with Crippen LogP contribution >= 0.6 is 0 Å². The molecular formula is C20H37NO4SSi. The van der Waals surface area contributed by atoms with E-state index in [-0.39, 0.29) is 16.5 Å². The molecule has 0 heterocycles. The van der Waals surface area contributed by atoms with Gasteiger partial charge in [0.15, 0.2) is 8.32 Å². The number of hydrogen-bond donors (Lipinski definition) is 0.